The van der Waals surface area contributed by atoms with Gasteiger partial charge in [0.05, 0.1) is 23.4 Å². The molecule has 0 spiro atoms. The lowest BCUT2D eigenvalue weighted by atomic mass is 9.87. The molecule has 0 radical (unpaired) electrons. The highest BCUT2D eigenvalue weighted by Crippen LogP contribution is 2.25. The summed E-state index contributed by atoms with van der Waals surface area (Å²) in [5, 5.41) is 5.69. The zero-order chi connectivity index (χ0) is 18.6. The number of anilines is 2. The fourth-order valence-electron chi connectivity index (χ4n) is 2.20. The summed E-state index contributed by atoms with van der Waals surface area (Å²) in [4.78, 5) is 23.7. The van der Waals surface area contributed by atoms with Crippen LogP contribution in [0.5, 0.6) is 0 Å². The maximum absolute atomic E-state index is 12.2. The number of rotatable bonds is 3. The Bertz CT molecular complexity index is 780. The van der Waals surface area contributed by atoms with Crippen LogP contribution in [0.2, 0.25) is 5.02 Å². The number of hydrogen-bond acceptors (Lipinski definition) is 3. The Labute approximate surface area is 152 Å². The van der Waals surface area contributed by atoms with Crippen molar-refractivity contribution in [2.24, 2.45) is 0 Å². The number of ether oxygens (including phenoxy) is 1. The smallest absolute Gasteiger partial charge is 0.337 e. The standard InChI is InChI=1S/C19H21ClN2O3/c1-19(2,3)13-6-8-14(9-7-13)21-18(24)22-16-11-12(17(23)25-4)5-10-15(16)20/h5-11H,1-4H3,(H2,21,22,24). The molecule has 2 aromatic carbocycles. The van der Waals surface area contributed by atoms with E-state index < -0.39 is 12.0 Å². The number of carbonyl (C=O) groups excluding carboxylic acids is 2. The number of benzene rings is 2. The van der Waals surface area contributed by atoms with Crippen molar-refractivity contribution < 1.29 is 14.3 Å². The Balaban J connectivity index is 2.09. The van der Waals surface area contributed by atoms with Crippen LogP contribution in [0.25, 0.3) is 0 Å². The first-order chi connectivity index (χ1) is 11.7. The molecule has 0 atom stereocenters. The zero-order valence-electron chi connectivity index (χ0n) is 14.6. The highest BCUT2D eigenvalue weighted by atomic mass is 35.5. The largest absolute Gasteiger partial charge is 0.465 e. The summed E-state index contributed by atoms with van der Waals surface area (Å²) in [6.45, 7) is 6.37. The minimum Gasteiger partial charge on any atom is -0.465 e. The van der Waals surface area contributed by atoms with Gasteiger partial charge in [-0.1, -0.05) is 44.5 Å². The summed E-state index contributed by atoms with van der Waals surface area (Å²) >= 11 is 6.07. The van der Waals surface area contributed by atoms with Crippen LogP contribution in [-0.4, -0.2) is 19.1 Å². The van der Waals surface area contributed by atoms with Crippen molar-refractivity contribution in [3.8, 4) is 0 Å². The van der Waals surface area contributed by atoms with E-state index in [4.69, 9.17) is 11.6 Å². The van der Waals surface area contributed by atoms with Crippen LogP contribution < -0.4 is 10.6 Å². The van der Waals surface area contributed by atoms with E-state index in [1.807, 2.05) is 24.3 Å². The molecule has 5 nitrogen and oxygen atoms in total. The van der Waals surface area contributed by atoms with Crippen molar-refractivity contribution in [2.75, 3.05) is 17.7 Å². The van der Waals surface area contributed by atoms with Crippen LogP contribution in [0.1, 0.15) is 36.7 Å². The van der Waals surface area contributed by atoms with E-state index in [0.717, 1.165) is 0 Å². The first kappa shape index (κ1) is 18.8. The fraction of sp³-hybridized carbons (Fsp3) is 0.263. The Morgan fingerprint density at radius 2 is 1.64 bits per heavy atom. The van der Waals surface area contributed by atoms with E-state index >= 15 is 0 Å². The second-order valence-electron chi connectivity index (χ2n) is 6.59. The van der Waals surface area contributed by atoms with Gasteiger partial charge in [-0.05, 0) is 41.3 Å². The van der Waals surface area contributed by atoms with Crippen LogP contribution in [0, 0.1) is 0 Å². The minimum absolute atomic E-state index is 0.0443. The molecule has 0 aliphatic rings. The highest BCUT2D eigenvalue weighted by Gasteiger charge is 2.14. The first-order valence-corrected chi connectivity index (χ1v) is 8.15. The van der Waals surface area contributed by atoms with Gasteiger partial charge in [0.25, 0.3) is 0 Å². The third-order valence-corrected chi connectivity index (χ3v) is 3.97. The maximum atomic E-state index is 12.2. The van der Waals surface area contributed by atoms with Gasteiger partial charge in [0.2, 0.25) is 0 Å². The molecule has 0 saturated heterocycles. The van der Waals surface area contributed by atoms with E-state index in [1.165, 1.54) is 30.9 Å². The number of methoxy groups -OCH3 is 1. The number of nitrogens with one attached hydrogen (secondary N) is 2. The number of carbonyl (C=O) groups is 2. The molecule has 0 aliphatic carbocycles. The molecule has 2 rings (SSSR count). The lowest BCUT2D eigenvalue weighted by Gasteiger charge is -2.19. The summed E-state index contributed by atoms with van der Waals surface area (Å²) in [5.74, 6) is -0.502. The normalized spacial score (nSPS) is 10.9. The Morgan fingerprint density at radius 1 is 1.00 bits per heavy atom. The quantitative estimate of drug-likeness (QED) is 0.751. The van der Waals surface area contributed by atoms with Crippen LogP contribution in [0.4, 0.5) is 16.2 Å². The topological polar surface area (TPSA) is 67.4 Å². The summed E-state index contributed by atoms with van der Waals surface area (Å²) in [7, 11) is 1.29. The monoisotopic (exact) mass is 360 g/mol. The SMILES string of the molecule is COC(=O)c1ccc(Cl)c(NC(=O)Nc2ccc(C(C)(C)C)cc2)c1. The van der Waals surface area contributed by atoms with Gasteiger partial charge in [0.1, 0.15) is 0 Å². The van der Waals surface area contributed by atoms with Crippen molar-refractivity contribution in [1.29, 1.82) is 0 Å². The molecular weight excluding hydrogens is 340 g/mol. The van der Waals surface area contributed by atoms with Gasteiger partial charge in [0, 0.05) is 5.69 Å². The Hall–Kier alpha value is -2.53. The molecule has 0 unspecified atom stereocenters. The molecule has 0 fully saturated rings. The number of halogens is 1. The van der Waals surface area contributed by atoms with E-state index in [9.17, 15) is 9.59 Å². The summed E-state index contributed by atoms with van der Waals surface area (Å²) in [6.07, 6.45) is 0. The second kappa shape index (κ2) is 7.57. The van der Waals surface area contributed by atoms with Crippen LogP contribution in [-0.2, 0) is 10.2 Å². The van der Waals surface area contributed by atoms with E-state index in [2.05, 4.69) is 36.1 Å². The van der Waals surface area contributed by atoms with E-state index in [-0.39, 0.29) is 5.41 Å². The van der Waals surface area contributed by atoms with E-state index in [0.29, 0.717) is 22.0 Å². The van der Waals surface area contributed by atoms with Gasteiger partial charge in [-0.3, -0.25) is 0 Å². The molecule has 0 aliphatic heterocycles. The highest BCUT2D eigenvalue weighted by molar-refractivity contribution is 6.34. The van der Waals surface area contributed by atoms with Crippen molar-refractivity contribution in [1.82, 2.24) is 0 Å². The zero-order valence-corrected chi connectivity index (χ0v) is 15.4. The molecule has 25 heavy (non-hydrogen) atoms. The first-order valence-electron chi connectivity index (χ1n) is 7.77. The number of esters is 1. The molecule has 0 bridgehead atoms. The van der Waals surface area contributed by atoms with Crippen molar-refractivity contribution >= 4 is 35.0 Å². The maximum Gasteiger partial charge on any atom is 0.337 e. The summed E-state index contributed by atoms with van der Waals surface area (Å²) in [5.41, 5.74) is 2.51. The average molecular weight is 361 g/mol. The lowest BCUT2D eigenvalue weighted by molar-refractivity contribution is 0.0600. The molecule has 0 aromatic heterocycles. The van der Waals surface area contributed by atoms with Gasteiger partial charge in [-0.2, -0.15) is 0 Å². The van der Waals surface area contributed by atoms with Crippen molar-refractivity contribution in [3.05, 3.63) is 58.6 Å². The summed E-state index contributed by atoms with van der Waals surface area (Å²) in [6, 6.07) is 11.7. The van der Waals surface area contributed by atoms with Crippen LogP contribution in [0.3, 0.4) is 0 Å². The van der Waals surface area contributed by atoms with Crippen molar-refractivity contribution in [2.45, 2.75) is 26.2 Å². The predicted octanol–water partition coefficient (Wildman–Crippen LogP) is 5.07. The summed E-state index contributed by atoms with van der Waals surface area (Å²) < 4.78 is 4.66. The van der Waals surface area contributed by atoms with E-state index in [1.54, 1.807) is 0 Å². The van der Waals surface area contributed by atoms with Gasteiger partial charge in [-0.15, -0.1) is 0 Å². The fourth-order valence-corrected chi connectivity index (χ4v) is 2.37. The predicted molar refractivity (Wildman–Crippen MR) is 101 cm³/mol. The van der Waals surface area contributed by atoms with Gasteiger partial charge in [0.15, 0.2) is 0 Å². The molecule has 2 N–H and O–H groups in total. The molecule has 0 heterocycles. The second-order valence-corrected chi connectivity index (χ2v) is 7.00. The Kier molecular flexibility index (Phi) is 5.69. The number of hydrogen-bond donors (Lipinski definition) is 2. The molecule has 0 saturated carbocycles. The number of amides is 2. The third-order valence-electron chi connectivity index (χ3n) is 3.64. The molecule has 2 aromatic rings. The van der Waals surface area contributed by atoms with Gasteiger partial charge < -0.3 is 15.4 Å². The molecule has 132 valence electrons. The van der Waals surface area contributed by atoms with Crippen molar-refractivity contribution in [3.63, 3.8) is 0 Å². The van der Waals surface area contributed by atoms with Gasteiger partial charge in [-0.25, -0.2) is 9.59 Å². The minimum atomic E-state index is -0.502. The Morgan fingerprint density at radius 3 is 2.20 bits per heavy atom. The third kappa shape index (κ3) is 4.97. The van der Waals surface area contributed by atoms with Crippen LogP contribution >= 0.6 is 11.6 Å². The molecule has 2 amide bonds. The molecular formula is C19H21ClN2O3. The molecule has 6 heteroatoms. The van der Waals surface area contributed by atoms with Crippen LogP contribution in [0.15, 0.2) is 42.5 Å². The lowest BCUT2D eigenvalue weighted by Crippen LogP contribution is -2.20. The van der Waals surface area contributed by atoms with Gasteiger partial charge >= 0.3 is 12.0 Å². The average Bonchev–Trinajstić information content (AvgIpc) is 2.55. The number of urea groups is 1.